The van der Waals surface area contributed by atoms with E-state index in [1.54, 1.807) is 33.5 Å². The highest BCUT2D eigenvalue weighted by Gasteiger charge is 2.22. The lowest BCUT2D eigenvalue weighted by Gasteiger charge is -2.33. The molecule has 7 nitrogen and oxygen atoms in total. The number of amides is 1. The van der Waals surface area contributed by atoms with Crippen molar-refractivity contribution in [2.75, 3.05) is 64.3 Å². The van der Waals surface area contributed by atoms with Gasteiger partial charge < -0.3 is 29.3 Å². The summed E-state index contributed by atoms with van der Waals surface area (Å²) in [5.41, 5.74) is 1.90. The third-order valence-electron chi connectivity index (χ3n) is 4.99. The van der Waals surface area contributed by atoms with Crippen molar-refractivity contribution >= 4 is 17.3 Å². The quantitative estimate of drug-likeness (QED) is 0.745. The molecule has 0 aromatic heterocycles. The molecule has 1 aliphatic heterocycles. The lowest BCUT2D eigenvalue weighted by Crippen LogP contribution is -3.15. The Bertz CT molecular complexity index is 787. The predicted molar refractivity (Wildman–Crippen MR) is 109 cm³/mol. The van der Waals surface area contributed by atoms with Crippen LogP contribution < -0.4 is 29.3 Å². The van der Waals surface area contributed by atoms with E-state index in [4.69, 9.17) is 14.2 Å². The van der Waals surface area contributed by atoms with Gasteiger partial charge in [0.25, 0.3) is 5.91 Å². The second-order valence-electron chi connectivity index (χ2n) is 6.73. The predicted octanol–water partition coefficient (Wildman–Crippen LogP) is 1.06. The molecule has 0 radical (unpaired) electrons. The summed E-state index contributed by atoms with van der Waals surface area (Å²) in [4.78, 5) is 16.0. The Hall–Kier alpha value is -2.93. The van der Waals surface area contributed by atoms with Gasteiger partial charge in [-0.05, 0) is 36.4 Å². The lowest BCUT2D eigenvalue weighted by atomic mass is 10.2. The molecule has 7 heteroatoms. The molecule has 1 heterocycles. The van der Waals surface area contributed by atoms with E-state index >= 15 is 0 Å². The number of rotatable bonds is 7. The summed E-state index contributed by atoms with van der Waals surface area (Å²) >= 11 is 0. The molecule has 2 N–H and O–H groups in total. The molecule has 1 fully saturated rings. The van der Waals surface area contributed by atoms with Gasteiger partial charge in [-0.1, -0.05) is 0 Å². The van der Waals surface area contributed by atoms with E-state index in [2.05, 4.69) is 22.3 Å². The summed E-state index contributed by atoms with van der Waals surface area (Å²) in [7, 11) is 4.84. The molecule has 3 rings (SSSR count). The summed E-state index contributed by atoms with van der Waals surface area (Å²) in [5.74, 6) is 2.10. The zero-order valence-electron chi connectivity index (χ0n) is 16.7. The van der Waals surface area contributed by atoms with Crippen LogP contribution in [-0.2, 0) is 4.79 Å². The Morgan fingerprint density at radius 3 is 2.25 bits per heavy atom. The Kier molecular flexibility index (Phi) is 6.60. The zero-order chi connectivity index (χ0) is 19.9. The van der Waals surface area contributed by atoms with Crippen molar-refractivity contribution in [1.82, 2.24) is 0 Å². The van der Waals surface area contributed by atoms with Crippen molar-refractivity contribution in [3.63, 3.8) is 0 Å². The monoisotopic (exact) mass is 386 g/mol. The summed E-state index contributed by atoms with van der Waals surface area (Å²) in [5, 5.41) is 2.95. The number of anilines is 2. The number of hydrogen-bond donors (Lipinski definition) is 2. The van der Waals surface area contributed by atoms with Crippen LogP contribution in [0.15, 0.2) is 42.5 Å². The molecular formula is C21H28N3O4+. The molecule has 28 heavy (non-hydrogen) atoms. The van der Waals surface area contributed by atoms with Crippen LogP contribution in [0.1, 0.15) is 0 Å². The van der Waals surface area contributed by atoms with Crippen molar-refractivity contribution in [2.45, 2.75) is 0 Å². The van der Waals surface area contributed by atoms with Gasteiger partial charge in [0.1, 0.15) is 5.75 Å². The van der Waals surface area contributed by atoms with Crippen molar-refractivity contribution < 1.29 is 23.9 Å². The van der Waals surface area contributed by atoms with E-state index < -0.39 is 0 Å². The first-order chi connectivity index (χ1) is 13.6. The number of quaternary nitrogens is 1. The Morgan fingerprint density at radius 2 is 1.64 bits per heavy atom. The van der Waals surface area contributed by atoms with E-state index in [0.29, 0.717) is 23.7 Å². The summed E-state index contributed by atoms with van der Waals surface area (Å²) in [6.07, 6.45) is 0. The van der Waals surface area contributed by atoms with Gasteiger partial charge in [-0.2, -0.15) is 0 Å². The summed E-state index contributed by atoms with van der Waals surface area (Å²) in [6, 6.07) is 13.5. The second kappa shape index (κ2) is 9.32. The number of hydrogen-bond acceptors (Lipinski definition) is 5. The molecule has 0 atom stereocenters. The Morgan fingerprint density at radius 1 is 0.964 bits per heavy atom. The number of benzene rings is 2. The standard InChI is InChI=1S/C21H27N3O4/c1-26-18-7-5-17(6-8-18)24-12-10-23(11-13-24)15-21(25)22-16-4-9-19(27-2)20(14-16)28-3/h4-9,14H,10-13,15H2,1-3H3,(H,22,25)/p+1. The minimum absolute atomic E-state index is 0.000109. The molecule has 1 saturated heterocycles. The molecular weight excluding hydrogens is 358 g/mol. The smallest absolute Gasteiger partial charge is 0.279 e. The molecule has 1 amide bonds. The maximum absolute atomic E-state index is 12.4. The van der Waals surface area contributed by atoms with Crippen molar-refractivity contribution in [3.05, 3.63) is 42.5 Å². The molecule has 150 valence electrons. The fraction of sp³-hybridized carbons (Fsp3) is 0.381. The molecule has 2 aromatic carbocycles. The van der Waals surface area contributed by atoms with E-state index in [1.807, 2.05) is 18.2 Å². The Balaban J connectivity index is 1.49. The van der Waals surface area contributed by atoms with Gasteiger partial charge >= 0.3 is 0 Å². The fourth-order valence-corrected chi connectivity index (χ4v) is 3.40. The first kappa shape index (κ1) is 19.8. The van der Waals surface area contributed by atoms with Gasteiger partial charge in [-0.3, -0.25) is 4.79 Å². The van der Waals surface area contributed by atoms with Gasteiger partial charge in [-0.15, -0.1) is 0 Å². The van der Waals surface area contributed by atoms with Crippen molar-refractivity contribution in [1.29, 1.82) is 0 Å². The van der Waals surface area contributed by atoms with Crippen LogP contribution in [0.25, 0.3) is 0 Å². The van der Waals surface area contributed by atoms with Gasteiger partial charge in [-0.25, -0.2) is 0 Å². The van der Waals surface area contributed by atoms with Crippen LogP contribution in [0, 0.1) is 0 Å². The number of methoxy groups -OCH3 is 3. The molecule has 0 aliphatic carbocycles. The third-order valence-corrected chi connectivity index (χ3v) is 4.99. The van der Waals surface area contributed by atoms with Crippen LogP contribution >= 0.6 is 0 Å². The fourth-order valence-electron chi connectivity index (χ4n) is 3.40. The largest absolute Gasteiger partial charge is 0.497 e. The van der Waals surface area contributed by atoms with Crippen LogP contribution in [0.5, 0.6) is 17.2 Å². The number of carbonyl (C=O) groups excluding carboxylic acids is 1. The van der Waals surface area contributed by atoms with Crippen LogP contribution in [0.2, 0.25) is 0 Å². The maximum Gasteiger partial charge on any atom is 0.279 e. The minimum atomic E-state index is 0.000109. The Labute approximate surface area is 165 Å². The van der Waals surface area contributed by atoms with Gasteiger partial charge in [0.2, 0.25) is 0 Å². The van der Waals surface area contributed by atoms with E-state index in [-0.39, 0.29) is 5.91 Å². The van der Waals surface area contributed by atoms with Crippen LogP contribution in [0.3, 0.4) is 0 Å². The zero-order valence-corrected chi connectivity index (χ0v) is 16.7. The molecule has 2 aromatic rings. The SMILES string of the molecule is COc1ccc(N2CC[NH+](CC(=O)Nc3ccc(OC)c(OC)c3)CC2)cc1. The van der Waals surface area contributed by atoms with Gasteiger partial charge in [0, 0.05) is 17.4 Å². The van der Waals surface area contributed by atoms with Crippen LogP contribution in [-0.4, -0.2) is 60.0 Å². The van der Waals surface area contributed by atoms with E-state index in [0.717, 1.165) is 31.9 Å². The van der Waals surface area contributed by atoms with Crippen molar-refractivity contribution in [3.8, 4) is 17.2 Å². The normalized spacial score (nSPS) is 14.5. The van der Waals surface area contributed by atoms with Gasteiger partial charge in [0.05, 0.1) is 47.5 Å². The average molecular weight is 386 g/mol. The van der Waals surface area contributed by atoms with E-state index in [9.17, 15) is 4.79 Å². The molecule has 1 aliphatic rings. The number of carbonyl (C=O) groups is 1. The number of piperazine rings is 1. The highest BCUT2D eigenvalue weighted by molar-refractivity contribution is 5.91. The van der Waals surface area contributed by atoms with Crippen LogP contribution in [0.4, 0.5) is 11.4 Å². The maximum atomic E-state index is 12.4. The number of nitrogens with zero attached hydrogens (tertiary/aromatic N) is 1. The second-order valence-corrected chi connectivity index (χ2v) is 6.73. The highest BCUT2D eigenvalue weighted by Crippen LogP contribution is 2.29. The first-order valence-corrected chi connectivity index (χ1v) is 9.37. The number of nitrogens with one attached hydrogen (secondary N) is 2. The number of ether oxygens (including phenoxy) is 3. The summed E-state index contributed by atoms with van der Waals surface area (Å²) in [6.45, 7) is 4.14. The summed E-state index contributed by atoms with van der Waals surface area (Å²) < 4.78 is 15.7. The van der Waals surface area contributed by atoms with Gasteiger partial charge in [0.15, 0.2) is 18.0 Å². The minimum Gasteiger partial charge on any atom is -0.497 e. The highest BCUT2D eigenvalue weighted by atomic mass is 16.5. The molecule has 0 unspecified atom stereocenters. The van der Waals surface area contributed by atoms with Crippen molar-refractivity contribution in [2.24, 2.45) is 0 Å². The first-order valence-electron chi connectivity index (χ1n) is 9.37. The molecule has 0 bridgehead atoms. The molecule has 0 saturated carbocycles. The third kappa shape index (κ3) is 4.86. The molecule has 0 spiro atoms. The van der Waals surface area contributed by atoms with E-state index in [1.165, 1.54) is 10.6 Å². The average Bonchev–Trinajstić information content (AvgIpc) is 2.74. The lowest BCUT2D eigenvalue weighted by molar-refractivity contribution is -0.892. The topological polar surface area (TPSA) is 64.5 Å².